The molecule has 0 atom stereocenters. The van der Waals surface area contributed by atoms with Crippen LogP contribution < -0.4 is 0 Å². The standard InChI is InChI=1S/C9H6OS2.C4H3ClS/c10-9(7-3-1-5-11-7)8-4-2-6-12-8;5-4-2-1-3-6-4/h1-6H;1-3H. The van der Waals surface area contributed by atoms with E-state index >= 15 is 0 Å². The summed E-state index contributed by atoms with van der Waals surface area (Å²) < 4.78 is 0.856. The molecule has 1 nitrogen and oxygen atoms in total. The zero-order valence-corrected chi connectivity index (χ0v) is 12.4. The molecule has 5 heteroatoms. The number of carbonyl (C=O) groups is 1. The summed E-state index contributed by atoms with van der Waals surface area (Å²) in [5.74, 6) is 0.139. The predicted octanol–water partition coefficient (Wildman–Crippen LogP) is 5.44. The Hall–Kier alpha value is -0.940. The minimum absolute atomic E-state index is 0.139. The second-order valence-corrected chi connectivity index (χ2v) is 6.68. The summed E-state index contributed by atoms with van der Waals surface area (Å²) in [6.07, 6.45) is 0. The van der Waals surface area contributed by atoms with Crippen molar-refractivity contribution < 1.29 is 4.79 Å². The number of carbonyl (C=O) groups excluding carboxylic acids is 1. The molecular formula is C13H9ClOS3. The van der Waals surface area contributed by atoms with E-state index in [1.165, 1.54) is 22.7 Å². The van der Waals surface area contributed by atoms with E-state index in [1.807, 2.05) is 52.5 Å². The van der Waals surface area contributed by atoms with Crippen molar-refractivity contribution in [3.63, 3.8) is 0 Å². The molecule has 3 aromatic heterocycles. The Kier molecular flexibility index (Phi) is 5.13. The fourth-order valence-corrected chi connectivity index (χ4v) is 3.29. The van der Waals surface area contributed by atoms with E-state index in [2.05, 4.69) is 0 Å². The molecule has 0 aliphatic carbocycles. The molecule has 0 aliphatic rings. The van der Waals surface area contributed by atoms with Gasteiger partial charge in [0.1, 0.15) is 0 Å². The van der Waals surface area contributed by atoms with Crippen molar-refractivity contribution in [2.45, 2.75) is 0 Å². The molecule has 0 unspecified atom stereocenters. The van der Waals surface area contributed by atoms with Crippen LogP contribution in [0.15, 0.2) is 52.5 Å². The van der Waals surface area contributed by atoms with Gasteiger partial charge in [0.15, 0.2) is 0 Å². The normalized spacial score (nSPS) is 9.61. The molecule has 3 rings (SSSR count). The SMILES string of the molecule is Clc1cccs1.O=C(c1cccs1)c1cccs1. The van der Waals surface area contributed by atoms with Gasteiger partial charge in [-0.1, -0.05) is 23.7 Å². The number of thiophene rings is 3. The van der Waals surface area contributed by atoms with E-state index in [0.717, 1.165) is 14.1 Å². The lowest BCUT2D eigenvalue weighted by Crippen LogP contribution is -1.93. The van der Waals surface area contributed by atoms with E-state index in [1.54, 1.807) is 11.3 Å². The number of hydrogen-bond acceptors (Lipinski definition) is 4. The van der Waals surface area contributed by atoms with Crippen LogP contribution in [0.4, 0.5) is 0 Å². The predicted molar refractivity (Wildman–Crippen MR) is 81.4 cm³/mol. The van der Waals surface area contributed by atoms with Gasteiger partial charge in [0.25, 0.3) is 0 Å². The Balaban J connectivity index is 0.000000169. The smallest absolute Gasteiger partial charge is 0.212 e. The largest absolute Gasteiger partial charge is 0.287 e. The van der Waals surface area contributed by atoms with E-state index in [9.17, 15) is 4.79 Å². The highest BCUT2D eigenvalue weighted by Gasteiger charge is 2.09. The molecule has 0 aliphatic heterocycles. The van der Waals surface area contributed by atoms with Crippen LogP contribution in [-0.2, 0) is 0 Å². The zero-order valence-electron chi connectivity index (χ0n) is 9.21. The number of ketones is 1. The maximum absolute atomic E-state index is 11.6. The topological polar surface area (TPSA) is 17.1 Å². The number of rotatable bonds is 2. The first-order chi connectivity index (χ1) is 8.77. The minimum Gasteiger partial charge on any atom is -0.287 e. The molecule has 92 valence electrons. The summed E-state index contributed by atoms with van der Waals surface area (Å²) in [6, 6.07) is 11.3. The van der Waals surface area contributed by atoms with Crippen molar-refractivity contribution in [3.8, 4) is 0 Å². The van der Waals surface area contributed by atoms with Gasteiger partial charge in [-0.05, 0) is 40.4 Å². The van der Waals surface area contributed by atoms with Gasteiger partial charge in [0, 0.05) is 0 Å². The molecule has 3 heterocycles. The molecular weight excluding hydrogens is 304 g/mol. The summed E-state index contributed by atoms with van der Waals surface area (Å²) in [7, 11) is 0. The van der Waals surface area contributed by atoms with Crippen LogP contribution in [0, 0.1) is 0 Å². The summed E-state index contributed by atoms with van der Waals surface area (Å²) in [5.41, 5.74) is 0. The van der Waals surface area contributed by atoms with Crippen LogP contribution in [0.3, 0.4) is 0 Å². The van der Waals surface area contributed by atoms with Crippen molar-refractivity contribution in [2.24, 2.45) is 0 Å². The van der Waals surface area contributed by atoms with Crippen molar-refractivity contribution in [1.29, 1.82) is 0 Å². The van der Waals surface area contributed by atoms with Crippen molar-refractivity contribution in [2.75, 3.05) is 0 Å². The molecule has 0 saturated carbocycles. The molecule has 0 aromatic carbocycles. The molecule has 0 N–H and O–H groups in total. The number of halogens is 1. The fourth-order valence-electron chi connectivity index (χ4n) is 1.20. The van der Waals surface area contributed by atoms with Gasteiger partial charge >= 0.3 is 0 Å². The Morgan fingerprint density at radius 2 is 1.33 bits per heavy atom. The van der Waals surface area contributed by atoms with Gasteiger partial charge in [-0.3, -0.25) is 4.79 Å². The van der Waals surface area contributed by atoms with Crippen LogP contribution in [0.2, 0.25) is 4.34 Å². The molecule has 0 saturated heterocycles. The van der Waals surface area contributed by atoms with Crippen molar-refractivity contribution >= 4 is 51.4 Å². The van der Waals surface area contributed by atoms with E-state index in [0.29, 0.717) is 0 Å². The fraction of sp³-hybridized carbons (Fsp3) is 0. The summed E-state index contributed by atoms with van der Waals surface area (Å²) >= 11 is 9.99. The average Bonchev–Trinajstić information content (AvgIpc) is 3.13. The quantitative estimate of drug-likeness (QED) is 0.576. The summed E-state index contributed by atoms with van der Waals surface area (Å²) in [4.78, 5) is 13.2. The first-order valence-corrected chi connectivity index (χ1v) is 8.10. The first-order valence-electron chi connectivity index (χ1n) is 5.08. The highest BCUT2D eigenvalue weighted by molar-refractivity contribution is 7.15. The Morgan fingerprint density at radius 3 is 1.61 bits per heavy atom. The van der Waals surface area contributed by atoms with Gasteiger partial charge < -0.3 is 0 Å². The monoisotopic (exact) mass is 312 g/mol. The molecule has 0 radical (unpaired) electrons. The lowest BCUT2D eigenvalue weighted by atomic mass is 10.3. The van der Waals surface area contributed by atoms with Gasteiger partial charge in [-0.25, -0.2) is 0 Å². The van der Waals surface area contributed by atoms with Gasteiger partial charge in [-0.15, -0.1) is 34.0 Å². The maximum Gasteiger partial charge on any atom is 0.212 e. The van der Waals surface area contributed by atoms with Gasteiger partial charge in [0.2, 0.25) is 5.78 Å². The average molecular weight is 313 g/mol. The van der Waals surface area contributed by atoms with Crippen LogP contribution in [0.1, 0.15) is 14.5 Å². The maximum atomic E-state index is 11.6. The zero-order chi connectivity index (χ0) is 12.8. The van der Waals surface area contributed by atoms with E-state index < -0.39 is 0 Å². The summed E-state index contributed by atoms with van der Waals surface area (Å²) in [5, 5.41) is 5.78. The molecule has 0 amide bonds. The minimum atomic E-state index is 0.139. The van der Waals surface area contributed by atoms with Gasteiger partial charge in [0.05, 0.1) is 14.1 Å². The highest BCUT2D eigenvalue weighted by Crippen LogP contribution is 2.18. The third-order valence-electron chi connectivity index (χ3n) is 1.98. The number of hydrogen-bond donors (Lipinski definition) is 0. The van der Waals surface area contributed by atoms with Crippen molar-refractivity contribution in [3.05, 3.63) is 66.6 Å². The van der Waals surface area contributed by atoms with Crippen LogP contribution in [-0.4, -0.2) is 5.78 Å². The van der Waals surface area contributed by atoms with Crippen LogP contribution >= 0.6 is 45.6 Å². The Bertz CT molecular complexity index is 532. The summed E-state index contributed by atoms with van der Waals surface area (Å²) in [6.45, 7) is 0. The molecule has 0 bridgehead atoms. The molecule has 0 fully saturated rings. The van der Waals surface area contributed by atoms with Gasteiger partial charge in [-0.2, -0.15) is 0 Å². The second kappa shape index (κ2) is 6.85. The Morgan fingerprint density at radius 1 is 0.833 bits per heavy atom. The first kappa shape index (κ1) is 13.5. The van der Waals surface area contributed by atoms with Crippen molar-refractivity contribution in [1.82, 2.24) is 0 Å². The Labute approximate surface area is 122 Å². The lowest BCUT2D eigenvalue weighted by molar-refractivity contribution is 0.104. The molecule has 3 aromatic rings. The highest BCUT2D eigenvalue weighted by atomic mass is 35.5. The van der Waals surface area contributed by atoms with Crippen LogP contribution in [0.25, 0.3) is 0 Å². The lowest BCUT2D eigenvalue weighted by Gasteiger charge is -1.89. The molecule has 0 spiro atoms. The molecule has 18 heavy (non-hydrogen) atoms. The third-order valence-corrected chi connectivity index (χ3v) is 4.76. The third kappa shape index (κ3) is 3.78. The van der Waals surface area contributed by atoms with E-state index in [-0.39, 0.29) is 5.78 Å². The van der Waals surface area contributed by atoms with E-state index in [4.69, 9.17) is 11.6 Å². The second-order valence-electron chi connectivity index (χ2n) is 3.20. The van der Waals surface area contributed by atoms with Crippen LogP contribution in [0.5, 0.6) is 0 Å².